The summed E-state index contributed by atoms with van der Waals surface area (Å²) >= 11 is 0. The minimum Gasteiger partial charge on any atom is -0.477 e. The van der Waals surface area contributed by atoms with Crippen molar-refractivity contribution >= 4 is 16.0 Å². The maximum atomic E-state index is 12.0. The third-order valence-corrected chi connectivity index (χ3v) is 4.55. The molecular weight excluding hydrogens is 334 g/mol. The van der Waals surface area contributed by atoms with Gasteiger partial charge in [0.2, 0.25) is 10.0 Å². The molecule has 0 saturated carbocycles. The van der Waals surface area contributed by atoms with Gasteiger partial charge in [0.05, 0.1) is 12.8 Å². The van der Waals surface area contributed by atoms with E-state index in [0.29, 0.717) is 0 Å². The Hall–Kier alpha value is -2.52. The minimum absolute atomic E-state index is 0.0718. The van der Waals surface area contributed by atoms with E-state index in [1.807, 2.05) is 31.2 Å². The van der Waals surface area contributed by atoms with E-state index in [1.165, 1.54) is 0 Å². The molecule has 0 radical (unpaired) electrons. The van der Waals surface area contributed by atoms with Gasteiger partial charge in [0.15, 0.2) is 0 Å². The average molecular weight is 351 g/mol. The van der Waals surface area contributed by atoms with Crippen LogP contribution in [-0.4, -0.2) is 40.0 Å². The third-order valence-electron chi connectivity index (χ3n) is 3.36. The molecule has 0 unspecified atom stereocenters. The van der Waals surface area contributed by atoms with Crippen LogP contribution in [0.25, 0.3) is 0 Å². The van der Waals surface area contributed by atoms with Crippen molar-refractivity contribution in [1.82, 2.24) is 14.3 Å². The summed E-state index contributed by atoms with van der Waals surface area (Å²) in [7, 11) is -3.56. The van der Waals surface area contributed by atoms with Crippen molar-refractivity contribution in [2.45, 2.75) is 20.0 Å². The Balaban J connectivity index is 2.27. The highest BCUT2D eigenvalue weighted by Crippen LogP contribution is 2.12. The number of aromatic nitrogens is 2. The summed E-state index contributed by atoms with van der Waals surface area (Å²) in [5.41, 5.74) is 0.523. The summed E-state index contributed by atoms with van der Waals surface area (Å²) in [4.78, 5) is 28.6. The van der Waals surface area contributed by atoms with Crippen LogP contribution < -0.4 is 5.56 Å². The van der Waals surface area contributed by atoms with Gasteiger partial charge in [0.25, 0.3) is 5.56 Å². The van der Waals surface area contributed by atoms with Gasteiger partial charge in [-0.2, -0.15) is 4.31 Å². The first-order valence-corrected chi connectivity index (χ1v) is 8.84. The average Bonchev–Trinajstić information content (AvgIpc) is 2.47. The lowest BCUT2D eigenvalue weighted by Gasteiger charge is -2.19. The van der Waals surface area contributed by atoms with Crippen LogP contribution in [0.1, 0.15) is 27.3 Å². The zero-order chi connectivity index (χ0) is 17.9. The normalized spacial score (nSPS) is 11.6. The quantitative estimate of drug-likeness (QED) is 0.792. The summed E-state index contributed by atoms with van der Waals surface area (Å²) in [5, 5.41) is 8.82. The number of aryl methyl sites for hydroxylation is 1. The van der Waals surface area contributed by atoms with E-state index in [9.17, 15) is 18.0 Å². The van der Waals surface area contributed by atoms with Gasteiger partial charge in [-0.3, -0.25) is 4.79 Å². The first-order valence-electron chi connectivity index (χ1n) is 6.99. The lowest BCUT2D eigenvalue weighted by molar-refractivity contribution is 0.0694. The molecule has 0 aliphatic rings. The second-order valence-corrected chi connectivity index (χ2v) is 7.38. The lowest BCUT2D eigenvalue weighted by Crippen LogP contribution is -2.31. The van der Waals surface area contributed by atoms with Crippen LogP contribution in [0.4, 0.5) is 0 Å². The van der Waals surface area contributed by atoms with E-state index in [-0.39, 0.29) is 18.9 Å². The zero-order valence-corrected chi connectivity index (χ0v) is 14.0. The molecule has 9 heteroatoms. The number of nitrogens with zero attached hydrogens (tertiary/aromatic N) is 2. The van der Waals surface area contributed by atoms with Crippen molar-refractivity contribution < 1.29 is 18.3 Å². The van der Waals surface area contributed by atoms with Crippen molar-refractivity contribution in [1.29, 1.82) is 0 Å². The molecule has 0 aliphatic heterocycles. The molecule has 2 aromatic rings. The first kappa shape index (κ1) is 17.8. The maximum absolute atomic E-state index is 12.0. The molecule has 1 aromatic carbocycles. The highest BCUT2D eigenvalue weighted by molar-refractivity contribution is 7.88. The molecule has 0 spiro atoms. The molecule has 0 aliphatic carbocycles. The topological polar surface area (TPSA) is 120 Å². The maximum Gasteiger partial charge on any atom is 0.342 e. The van der Waals surface area contributed by atoms with Gasteiger partial charge in [-0.1, -0.05) is 29.8 Å². The van der Waals surface area contributed by atoms with Crippen molar-refractivity contribution in [3.63, 3.8) is 0 Å². The fourth-order valence-electron chi connectivity index (χ4n) is 2.02. The Morgan fingerprint density at radius 3 is 2.38 bits per heavy atom. The monoisotopic (exact) mass is 351 g/mol. The van der Waals surface area contributed by atoms with Gasteiger partial charge in [-0.05, 0) is 12.5 Å². The Kier molecular flexibility index (Phi) is 5.15. The van der Waals surface area contributed by atoms with E-state index in [1.54, 1.807) is 0 Å². The third kappa shape index (κ3) is 4.49. The zero-order valence-electron chi connectivity index (χ0n) is 13.2. The van der Waals surface area contributed by atoms with Gasteiger partial charge < -0.3 is 10.1 Å². The molecule has 0 saturated heterocycles. The second-order valence-electron chi connectivity index (χ2n) is 5.39. The number of hydrogen-bond donors (Lipinski definition) is 2. The number of aromatic carboxylic acids is 1. The molecule has 0 bridgehead atoms. The van der Waals surface area contributed by atoms with E-state index in [2.05, 4.69) is 9.97 Å². The van der Waals surface area contributed by atoms with Gasteiger partial charge in [-0.15, -0.1) is 0 Å². The van der Waals surface area contributed by atoms with Crippen molar-refractivity contribution in [3.8, 4) is 0 Å². The predicted molar refractivity (Wildman–Crippen MR) is 87.1 cm³/mol. The smallest absolute Gasteiger partial charge is 0.342 e. The summed E-state index contributed by atoms with van der Waals surface area (Å²) in [6.45, 7) is 1.88. The van der Waals surface area contributed by atoms with E-state index < -0.39 is 27.1 Å². The molecule has 0 amide bonds. The van der Waals surface area contributed by atoms with Gasteiger partial charge in [-0.25, -0.2) is 18.2 Å². The number of aromatic amines is 1. The number of carbonyl (C=O) groups is 1. The number of carboxylic acids is 1. The predicted octanol–water partition coefficient (Wildman–Crippen LogP) is 0.738. The molecule has 2 N–H and O–H groups in total. The van der Waals surface area contributed by atoms with Crippen molar-refractivity contribution in [3.05, 3.63) is 63.3 Å². The van der Waals surface area contributed by atoms with Crippen LogP contribution in [0.5, 0.6) is 0 Å². The Labute approximate surface area is 138 Å². The molecule has 1 heterocycles. The second kappa shape index (κ2) is 6.93. The highest BCUT2D eigenvalue weighted by atomic mass is 32.2. The van der Waals surface area contributed by atoms with Gasteiger partial charge in [0, 0.05) is 12.7 Å². The molecule has 0 atom stereocenters. The number of H-pyrrole nitrogens is 1. The summed E-state index contributed by atoms with van der Waals surface area (Å²) in [5.74, 6) is -1.32. The minimum atomic E-state index is -3.56. The molecular formula is C15H17N3O5S. The molecule has 2 rings (SSSR count). The van der Waals surface area contributed by atoms with E-state index in [0.717, 1.165) is 27.9 Å². The molecule has 0 fully saturated rings. The van der Waals surface area contributed by atoms with Crippen LogP contribution in [0.3, 0.4) is 0 Å². The van der Waals surface area contributed by atoms with E-state index in [4.69, 9.17) is 5.11 Å². The summed E-state index contributed by atoms with van der Waals surface area (Å²) < 4.78 is 25.1. The fraction of sp³-hybridized carbons (Fsp3) is 0.267. The van der Waals surface area contributed by atoms with E-state index >= 15 is 0 Å². The molecule has 24 heavy (non-hydrogen) atoms. The standard InChI is InChI=1S/C15H17N3O5S/c1-10-3-5-11(6-4-10)8-18(24(2,22)23)9-13-16-7-12(15(20)21)14(19)17-13/h3-7H,8-9H2,1-2H3,(H,20,21)(H,16,17,19). The Morgan fingerprint density at radius 2 is 1.88 bits per heavy atom. The Morgan fingerprint density at radius 1 is 1.25 bits per heavy atom. The molecule has 1 aromatic heterocycles. The van der Waals surface area contributed by atoms with Crippen LogP contribution in [0, 0.1) is 6.92 Å². The number of hydrogen-bond acceptors (Lipinski definition) is 5. The number of benzene rings is 1. The number of nitrogens with one attached hydrogen (secondary N) is 1. The first-order chi connectivity index (χ1) is 11.2. The van der Waals surface area contributed by atoms with Crippen LogP contribution in [0.2, 0.25) is 0 Å². The summed E-state index contributed by atoms with van der Waals surface area (Å²) in [6, 6.07) is 7.38. The molecule has 8 nitrogen and oxygen atoms in total. The van der Waals surface area contributed by atoms with Gasteiger partial charge >= 0.3 is 5.97 Å². The SMILES string of the molecule is Cc1ccc(CN(Cc2ncc(C(=O)O)c(=O)[nH]2)S(C)(=O)=O)cc1. The number of sulfonamides is 1. The van der Waals surface area contributed by atoms with Crippen molar-refractivity contribution in [2.24, 2.45) is 0 Å². The highest BCUT2D eigenvalue weighted by Gasteiger charge is 2.19. The molecule has 128 valence electrons. The van der Waals surface area contributed by atoms with Crippen molar-refractivity contribution in [2.75, 3.05) is 6.26 Å². The fourth-order valence-corrected chi connectivity index (χ4v) is 2.76. The van der Waals surface area contributed by atoms with Crippen LogP contribution in [-0.2, 0) is 23.1 Å². The van der Waals surface area contributed by atoms with Gasteiger partial charge in [0.1, 0.15) is 11.4 Å². The largest absolute Gasteiger partial charge is 0.477 e. The Bertz CT molecular complexity index is 903. The number of carboxylic acid groups (broad SMARTS) is 1. The van der Waals surface area contributed by atoms with Crippen LogP contribution in [0.15, 0.2) is 35.3 Å². The lowest BCUT2D eigenvalue weighted by atomic mass is 10.1. The van der Waals surface area contributed by atoms with Crippen LogP contribution >= 0.6 is 0 Å². The number of rotatable bonds is 6. The summed E-state index contributed by atoms with van der Waals surface area (Å²) in [6.07, 6.45) is 1.98.